The Morgan fingerprint density at radius 1 is 1.39 bits per heavy atom. The number of rotatable bonds is 9. The van der Waals surface area contributed by atoms with Gasteiger partial charge in [0, 0.05) is 19.7 Å². The van der Waals surface area contributed by atoms with Crippen LogP contribution in [-0.4, -0.2) is 70.3 Å². The lowest BCUT2D eigenvalue weighted by atomic mass is 9.70. The zero-order valence-corrected chi connectivity index (χ0v) is 19.3. The molecule has 2 N–H and O–H groups in total. The van der Waals surface area contributed by atoms with Gasteiger partial charge in [0.2, 0.25) is 5.91 Å². The van der Waals surface area contributed by atoms with Gasteiger partial charge in [-0.2, -0.15) is 0 Å². The van der Waals surface area contributed by atoms with Crippen molar-refractivity contribution in [2.45, 2.75) is 50.4 Å². The first-order valence-corrected chi connectivity index (χ1v) is 11.7. The number of anilines is 1. The predicted molar refractivity (Wildman–Crippen MR) is 122 cm³/mol. The van der Waals surface area contributed by atoms with Crippen molar-refractivity contribution in [1.82, 2.24) is 4.90 Å². The van der Waals surface area contributed by atoms with Gasteiger partial charge in [-0.25, -0.2) is 0 Å². The van der Waals surface area contributed by atoms with Gasteiger partial charge in [0.25, 0.3) is 5.91 Å². The SMILES string of the molecule is C=CCN(C(=O)[C@H]1N(CCCCO)C(=O)[C@@H]2[C@@H](C(=O)O)[C@H]3CC[C@]21O3)c1c(C)cccc1Cl. The molecule has 2 amide bonds. The molecule has 3 heterocycles. The molecule has 3 aliphatic heterocycles. The lowest BCUT2D eigenvalue weighted by Crippen LogP contribution is -2.56. The molecule has 1 aromatic rings. The summed E-state index contributed by atoms with van der Waals surface area (Å²) in [7, 11) is 0. The molecule has 4 rings (SSSR count). The smallest absolute Gasteiger partial charge is 0.310 e. The Bertz CT molecular complexity index is 963. The van der Waals surface area contributed by atoms with Crippen molar-refractivity contribution in [2.75, 3.05) is 24.6 Å². The minimum atomic E-state index is -1.18. The molecule has 9 heteroatoms. The van der Waals surface area contributed by atoms with E-state index in [1.54, 1.807) is 18.2 Å². The molecule has 2 bridgehead atoms. The van der Waals surface area contributed by atoms with E-state index in [9.17, 15) is 24.6 Å². The molecular weight excluding hydrogens is 448 g/mol. The normalized spacial score (nSPS) is 29.9. The number of hydrogen-bond donors (Lipinski definition) is 2. The third kappa shape index (κ3) is 3.64. The standard InChI is InChI=1S/C24H29ClN2O6/c1-3-11-26(19-14(2)7-6-8-15(19)25)22(30)20-24-10-9-16(33-24)17(23(31)32)18(24)21(29)27(20)12-4-5-13-28/h3,6-8,16-18,20,28H,1,4-5,9-13H2,2H3,(H,31,32)/t16-,17+,18+,20-,24+/m1/s1. The first-order chi connectivity index (χ1) is 15.8. The van der Waals surface area contributed by atoms with Gasteiger partial charge in [-0.05, 0) is 44.2 Å². The van der Waals surface area contributed by atoms with E-state index >= 15 is 0 Å². The van der Waals surface area contributed by atoms with Crippen LogP contribution in [0, 0.1) is 18.8 Å². The number of amides is 2. The summed E-state index contributed by atoms with van der Waals surface area (Å²) in [5, 5.41) is 19.5. The number of halogens is 1. The number of para-hydroxylation sites is 1. The molecule has 0 unspecified atom stereocenters. The molecule has 0 radical (unpaired) electrons. The van der Waals surface area contributed by atoms with E-state index in [0.29, 0.717) is 36.4 Å². The second-order valence-corrected chi connectivity index (χ2v) is 9.41. The van der Waals surface area contributed by atoms with E-state index in [-0.39, 0.29) is 31.5 Å². The average Bonchev–Trinajstić information content (AvgIpc) is 3.40. The van der Waals surface area contributed by atoms with E-state index in [1.807, 2.05) is 13.0 Å². The highest BCUT2D eigenvalue weighted by Crippen LogP contribution is 2.58. The van der Waals surface area contributed by atoms with Crippen LogP contribution in [-0.2, 0) is 19.1 Å². The van der Waals surface area contributed by atoms with Crippen molar-refractivity contribution in [2.24, 2.45) is 11.8 Å². The Hall–Kier alpha value is -2.42. The maximum Gasteiger partial charge on any atom is 0.310 e. The highest BCUT2D eigenvalue weighted by Gasteiger charge is 2.74. The highest BCUT2D eigenvalue weighted by molar-refractivity contribution is 6.34. The first-order valence-electron chi connectivity index (χ1n) is 11.3. The first kappa shape index (κ1) is 23.7. The number of hydrogen-bond acceptors (Lipinski definition) is 5. The van der Waals surface area contributed by atoms with E-state index in [1.165, 1.54) is 9.80 Å². The van der Waals surface area contributed by atoms with Crippen LogP contribution in [0.15, 0.2) is 30.9 Å². The van der Waals surface area contributed by atoms with Crippen LogP contribution < -0.4 is 4.90 Å². The maximum atomic E-state index is 14.2. The van der Waals surface area contributed by atoms with Gasteiger partial charge in [-0.3, -0.25) is 14.4 Å². The monoisotopic (exact) mass is 476 g/mol. The quantitative estimate of drug-likeness (QED) is 0.418. The summed E-state index contributed by atoms with van der Waals surface area (Å²) in [5.74, 6) is -3.68. The van der Waals surface area contributed by atoms with E-state index in [4.69, 9.17) is 16.3 Å². The molecule has 0 aromatic heterocycles. The Kier molecular flexibility index (Phi) is 6.53. The Labute approximate surface area is 197 Å². The summed E-state index contributed by atoms with van der Waals surface area (Å²) in [4.78, 5) is 42.8. The number of likely N-dealkylation sites (tertiary alicyclic amines) is 1. The van der Waals surface area contributed by atoms with Crippen molar-refractivity contribution in [3.05, 3.63) is 41.4 Å². The van der Waals surface area contributed by atoms with Gasteiger partial charge in [0.1, 0.15) is 11.6 Å². The minimum Gasteiger partial charge on any atom is -0.481 e. The summed E-state index contributed by atoms with van der Waals surface area (Å²) in [6.07, 6.45) is 2.89. The van der Waals surface area contributed by atoms with Gasteiger partial charge in [-0.15, -0.1) is 6.58 Å². The molecule has 1 aromatic carbocycles. The van der Waals surface area contributed by atoms with Crippen LogP contribution in [0.4, 0.5) is 5.69 Å². The maximum absolute atomic E-state index is 14.2. The van der Waals surface area contributed by atoms with Crippen molar-refractivity contribution < 1.29 is 29.3 Å². The number of benzene rings is 1. The van der Waals surface area contributed by atoms with Crippen LogP contribution in [0.3, 0.4) is 0 Å². The molecule has 33 heavy (non-hydrogen) atoms. The zero-order valence-electron chi connectivity index (χ0n) is 18.6. The fourth-order valence-electron chi connectivity index (χ4n) is 5.88. The van der Waals surface area contributed by atoms with Crippen LogP contribution in [0.1, 0.15) is 31.2 Å². The number of aliphatic hydroxyl groups is 1. The van der Waals surface area contributed by atoms with Gasteiger partial charge < -0.3 is 24.7 Å². The second kappa shape index (κ2) is 9.08. The third-order valence-corrected chi connectivity index (χ3v) is 7.47. The van der Waals surface area contributed by atoms with Gasteiger partial charge in [-0.1, -0.05) is 29.8 Å². The molecule has 1 spiro atoms. The predicted octanol–water partition coefficient (Wildman–Crippen LogP) is 2.40. The molecule has 0 aliphatic carbocycles. The third-order valence-electron chi connectivity index (χ3n) is 7.16. The van der Waals surface area contributed by atoms with Crippen LogP contribution in [0.25, 0.3) is 0 Å². The summed E-state index contributed by atoms with van der Waals surface area (Å²) in [6, 6.07) is 4.37. The van der Waals surface area contributed by atoms with Crippen molar-refractivity contribution in [1.29, 1.82) is 0 Å². The number of aliphatic hydroxyl groups excluding tert-OH is 1. The summed E-state index contributed by atoms with van der Waals surface area (Å²) < 4.78 is 6.22. The zero-order chi connectivity index (χ0) is 23.9. The fourth-order valence-corrected chi connectivity index (χ4v) is 6.21. The number of unbranched alkanes of at least 4 members (excludes halogenated alkanes) is 1. The largest absolute Gasteiger partial charge is 0.481 e. The number of ether oxygens (including phenoxy) is 1. The highest BCUT2D eigenvalue weighted by atomic mass is 35.5. The van der Waals surface area contributed by atoms with Crippen LogP contribution >= 0.6 is 11.6 Å². The summed E-state index contributed by atoms with van der Waals surface area (Å²) >= 11 is 6.49. The van der Waals surface area contributed by atoms with Crippen LogP contribution in [0.5, 0.6) is 0 Å². The fraction of sp³-hybridized carbons (Fsp3) is 0.542. The lowest BCUT2D eigenvalue weighted by molar-refractivity contribution is -0.149. The number of aryl methyl sites for hydroxylation is 1. The number of carbonyl (C=O) groups is 3. The van der Waals surface area contributed by atoms with Gasteiger partial charge in [0.05, 0.1) is 28.6 Å². The minimum absolute atomic E-state index is 0.0348. The number of carboxylic acids is 1. The van der Waals surface area contributed by atoms with E-state index in [2.05, 4.69) is 6.58 Å². The van der Waals surface area contributed by atoms with Gasteiger partial charge >= 0.3 is 5.97 Å². The molecular formula is C24H29ClN2O6. The second-order valence-electron chi connectivity index (χ2n) is 9.00. The number of aliphatic carboxylic acids is 1. The van der Waals surface area contributed by atoms with Crippen molar-refractivity contribution in [3.63, 3.8) is 0 Å². The molecule has 8 nitrogen and oxygen atoms in total. The number of carboxylic acid groups (broad SMARTS) is 1. The van der Waals surface area contributed by atoms with Gasteiger partial charge in [0.15, 0.2) is 0 Å². The molecule has 3 saturated heterocycles. The topological polar surface area (TPSA) is 107 Å². The number of fused-ring (bicyclic) bond motifs is 1. The van der Waals surface area contributed by atoms with E-state index in [0.717, 1.165) is 5.56 Å². The van der Waals surface area contributed by atoms with Crippen LogP contribution in [0.2, 0.25) is 5.02 Å². The number of nitrogens with zero attached hydrogens (tertiary/aromatic N) is 2. The number of carbonyl (C=O) groups excluding carboxylic acids is 2. The average molecular weight is 477 g/mol. The Morgan fingerprint density at radius 2 is 2.15 bits per heavy atom. The molecule has 178 valence electrons. The molecule has 3 aliphatic rings. The molecule has 3 fully saturated rings. The Morgan fingerprint density at radius 3 is 2.79 bits per heavy atom. The lowest BCUT2D eigenvalue weighted by Gasteiger charge is -2.37. The van der Waals surface area contributed by atoms with Crippen molar-refractivity contribution >= 4 is 35.1 Å². The molecule has 5 atom stereocenters. The summed E-state index contributed by atoms with van der Waals surface area (Å²) in [6.45, 7) is 6.00. The van der Waals surface area contributed by atoms with E-state index < -0.39 is 35.6 Å². The molecule has 0 saturated carbocycles. The summed E-state index contributed by atoms with van der Waals surface area (Å²) in [5.41, 5.74) is 0.146. The Balaban J connectivity index is 1.79. The van der Waals surface area contributed by atoms with Crippen molar-refractivity contribution in [3.8, 4) is 0 Å².